The van der Waals surface area contributed by atoms with Crippen molar-refractivity contribution in [2.45, 2.75) is 17.6 Å². The monoisotopic (exact) mass is 231 g/mol. The van der Waals surface area contributed by atoms with Crippen LogP contribution in [0.5, 0.6) is 0 Å². The van der Waals surface area contributed by atoms with Gasteiger partial charge >= 0.3 is 0 Å². The van der Waals surface area contributed by atoms with Gasteiger partial charge in [0.05, 0.1) is 0 Å². The zero-order valence-corrected chi connectivity index (χ0v) is 9.64. The molecule has 2 rings (SSSR count). The van der Waals surface area contributed by atoms with E-state index in [-0.39, 0.29) is 0 Å². The molecule has 0 spiro atoms. The van der Waals surface area contributed by atoms with Crippen LogP contribution < -0.4 is 0 Å². The highest BCUT2D eigenvalue weighted by molar-refractivity contribution is 7.91. The highest BCUT2D eigenvalue weighted by Gasteiger charge is 2.30. The minimum Gasteiger partial charge on any atom is -0.206 e. The number of rotatable bonds is 2. The van der Waals surface area contributed by atoms with Crippen LogP contribution in [0.1, 0.15) is 13.3 Å². The fraction of sp³-hybridized carbons (Fsp3) is 0.556. The molecule has 0 bridgehead atoms. The van der Waals surface area contributed by atoms with Crippen LogP contribution in [-0.4, -0.2) is 25.8 Å². The average Bonchev–Trinajstić information content (AvgIpc) is 2.72. The Morgan fingerprint density at radius 1 is 1.57 bits per heavy atom. The molecule has 0 saturated carbocycles. The minimum absolute atomic E-state index is 0.464. The van der Waals surface area contributed by atoms with Crippen molar-refractivity contribution < 1.29 is 8.42 Å². The summed E-state index contributed by atoms with van der Waals surface area (Å²) in [7, 11) is -3.18. The van der Waals surface area contributed by atoms with E-state index in [1.165, 1.54) is 11.3 Å². The molecule has 1 atom stereocenters. The van der Waals surface area contributed by atoms with Crippen molar-refractivity contribution in [1.82, 2.24) is 4.31 Å². The maximum atomic E-state index is 12.0. The number of hydrogen-bond donors (Lipinski definition) is 0. The average molecular weight is 231 g/mol. The van der Waals surface area contributed by atoms with Crippen LogP contribution in [0.25, 0.3) is 0 Å². The van der Waals surface area contributed by atoms with Crippen LogP contribution in [0.3, 0.4) is 0 Å². The first-order valence-electron chi connectivity index (χ1n) is 4.64. The molecule has 0 amide bonds. The number of sulfonamides is 1. The summed E-state index contributed by atoms with van der Waals surface area (Å²) in [4.78, 5) is 0. The molecule has 1 saturated heterocycles. The predicted octanol–water partition coefficient (Wildman–Crippen LogP) is 1.78. The second kappa shape index (κ2) is 3.64. The van der Waals surface area contributed by atoms with Gasteiger partial charge in [0, 0.05) is 13.1 Å². The van der Waals surface area contributed by atoms with Gasteiger partial charge < -0.3 is 0 Å². The maximum absolute atomic E-state index is 12.0. The SMILES string of the molecule is CC1CCN(S(=O)(=O)c2cccs2)C1. The van der Waals surface area contributed by atoms with Crippen molar-refractivity contribution in [2.75, 3.05) is 13.1 Å². The van der Waals surface area contributed by atoms with Crippen LogP contribution >= 0.6 is 11.3 Å². The smallest absolute Gasteiger partial charge is 0.206 e. The van der Waals surface area contributed by atoms with Crippen molar-refractivity contribution in [3.8, 4) is 0 Å². The van der Waals surface area contributed by atoms with E-state index in [0.717, 1.165) is 6.42 Å². The molecule has 1 aromatic heterocycles. The van der Waals surface area contributed by atoms with E-state index in [9.17, 15) is 8.42 Å². The molecule has 3 nitrogen and oxygen atoms in total. The topological polar surface area (TPSA) is 37.4 Å². The van der Waals surface area contributed by atoms with E-state index in [1.54, 1.807) is 21.8 Å². The molecular formula is C9H13NO2S2. The van der Waals surface area contributed by atoms with Gasteiger partial charge in [-0.1, -0.05) is 13.0 Å². The van der Waals surface area contributed by atoms with E-state index in [1.807, 2.05) is 0 Å². The third-order valence-electron chi connectivity index (χ3n) is 2.48. The molecule has 14 heavy (non-hydrogen) atoms. The highest BCUT2D eigenvalue weighted by Crippen LogP contribution is 2.26. The van der Waals surface area contributed by atoms with Gasteiger partial charge in [0.2, 0.25) is 0 Å². The molecule has 1 aliphatic rings. The lowest BCUT2D eigenvalue weighted by Gasteiger charge is -2.14. The highest BCUT2D eigenvalue weighted by atomic mass is 32.2. The van der Waals surface area contributed by atoms with Gasteiger partial charge in [-0.3, -0.25) is 0 Å². The van der Waals surface area contributed by atoms with Crippen molar-refractivity contribution in [3.63, 3.8) is 0 Å². The van der Waals surface area contributed by atoms with Crippen molar-refractivity contribution >= 4 is 21.4 Å². The Hall–Kier alpha value is -0.390. The van der Waals surface area contributed by atoms with Crippen LogP contribution in [0.15, 0.2) is 21.7 Å². The van der Waals surface area contributed by atoms with Crippen molar-refractivity contribution in [2.24, 2.45) is 5.92 Å². The summed E-state index contributed by atoms with van der Waals surface area (Å²) in [5.41, 5.74) is 0. The van der Waals surface area contributed by atoms with Crippen LogP contribution in [0.2, 0.25) is 0 Å². The molecule has 5 heteroatoms. The second-order valence-corrected chi connectivity index (χ2v) is 6.80. The summed E-state index contributed by atoms with van der Waals surface area (Å²) in [6.45, 7) is 3.42. The van der Waals surface area contributed by atoms with E-state index in [0.29, 0.717) is 23.2 Å². The third-order valence-corrected chi connectivity index (χ3v) is 5.71. The third kappa shape index (κ3) is 1.71. The fourth-order valence-corrected chi connectivity index (χ4v) is 4.37. The first kappa shape index (κ1) is 10.1. The van der Waals surface area contributed by atoms with E-state index >= 15 is 0 Å². The molecule has 0 aliphatic carbocycles. The van der Waals surface area contributed by atoms with Crippen molar-refractivity contribution in [3.05, 3.63) is 17.5 Å². The van der Waals surface area contributed by atoms with Gasteiger partial charge in [-0.05, 0) is 23.8 Å². The van der Waals surface area contributed by atoms with Gasteiger partial charge in [0.25, 0.3) is 10.0 Å². The molecule has 1 aromatic rings. The molecule has 0 aromatic carbocycles. The molecule has 1 fully saturated rings. The summed E-state index contributed by atoms with van der Waals surface area (Å²) in [6, 6.07) is 3.44. The summed E-state index contributed by atoms with van der Waals surface area (Å²) in [5.74, 6) is 0.490. The standard InChI is InChI=1S/C9H13NO2S2/c1-8-4-5-10(7-8)14(11,12)9-3-2-6-13-9/h2-3,6,8H,4-5,7H2,1H3. The summed E-state index contributed by atoms with van der Waals surface area (Å²) in [5, 5.41) is 1.80. The second-order valence-electron chi connectivity index (χ2n) is 3.69. The fourth-order valence-electron chi connectivity index (χ4n) is 1.65. The molecule has 0 radical (unpaired) electrons. The molecule has 1 aliphatic heterocycles. The number of thiophene rings is 1. The normalized spacial score (nSPS) is 24.2. The van der Waals surface area contributed by atoms with Gasteiger partial charge in [0.1, 0.15) is 4.21 Å². The maximum Gasteiger partial charge on any atom is 0.252 e. The number of hydrogen-bond acceptors (Lipinski definition) is 3. The summed E-state index contributed by atoms with van der Waals surface area (Å²) in [6.07, 6.45) is 0.977. The van der Waals surface area contributed by atoms with Crippen LogP contribution in [0, 0.1) is 5.92 Å². The Labute approximate surface area is 88.4 Å². The van der Waals surface area contributed by atoms with Gasteiger partial charge in [-0.2, -0.15) is 4.31 Å². The first-order chi connectivity index (χ1) is 6.60. The van der Waals surface area contributed by atoms with E-state index < -0.39 is 10.0 Å². The van der Waals surface area contributed by atoms with Gasteiger partial charge in [-0.15, -0.1) is 11.3 Å². The summed E-state index contributed by atoms with van der Waals surface area (Å²) < 4.78 is 26.0. The predicted molar refractivity (Wildman–Crippen MR) is 56.9 cm³/mol. The lowest BCUT2D eigenvalue weighted by atomic mass is 10.2. The van der Waals surface area contributed by atoms with E-state index in [4.69, 9.17) is 0 Å². The largest absolute Gasteiger partial charge is 0.252 e. The zero-order valence-electron chi connectivity index (χ0n) is 8.01. The summed E-state index contributed by atoms with van der Waals surface area (Å²) >= 11 is 1.29. The van der Waals surface area contributed by atoms with Crippen LogP contribution in [0.4, 0.5) is 0 Å². The Bertz CT molecular complexity index is 396. The van der Waals surface area contributed by atoms with Gasteiger partial charge in [0.15, 0.2) is 0 Å². The lowest BCUT2D eigenvalue weighted by Crippen LogP contribution is -2.27. The Kier molecular flexibility index (Phi) is 2.64. The molecule has 2 heterocycles. The quantitative estimate of drug-likeness (QED) is 0.778. The zero-order chi connectivity index (χ0) is 10.2. The minimum atomic E-state index is -3.18. The number of nitrogens with zero attached hydrogens (tertiary/aromatic N) is 1. The lowest BCUT2D eigenvalue weighted by molar-refractivity contribution is 0.466. The molecular weight excluding hydrogens is 218 g/mol. The Morgan fingerprint density at radius 2 is 2.36 bits per heavy atom. The molecule has 78 valence electrons. The van der Waals surface area contributed by atoms with Crippen LogP contribution in [-0.2, 0) is 10.0 Å². The first-order valence-corrected chi connectivity index (χ1v) is 6.96. The van der Waals surface area contributed by atoms with Crippen molar-refractivity contribution in [1.29, 1.82) is 0 Å². The Balaban J connectivity index is 2.26. The van der Waals surface area contributed by atoms with Gasteiger partial charge in [-0.25, -0.2) is 8.42 Å². The molecule has 1 unspecified atom stereocenters. The van der Waals surface area contributed by atoms with E-state index in [2.05, 4.69) is 6.92 Å². The molecule has 0 N–H and O–H groups in total. The Morgan fingerprint density at radius 3 is 2.86 bits per heavy atom.